The number of rotatable bonds is 9. The summed E-state index contributed by atoms with van der Waals surface area (Å²) in [4.78, 5) is 101. The Morgan fingerprint density at radius 3 is 2.36 bits per heavy atom. The molecule has 5 atom stereocenters. The molecule has 3 N–H and O–H groups in total. The highest BCUT2D eigenvalue weighted by molar-refractivity contribution is 5.99. The number of halogens is 1. The van der Waals surface area contributed by atoms with Crippen molar-refractivity contribution in [3.8, 4) is 0 Å². The van der Waals surface area contributed by atoms with Crippen molar-refractivity contribution in [2.45, 2.75) is 133 Å². The summed E-state index contributed by atoms with van der Waals surface area (Å²) in [5.74, 6) is -4.69. The molecule has 15 heteroatoms. The van der Waals surface area contributed by atoms with Crippen LogP contribution in [0, 0.1) is 5.82 Å². The third kappa shape index (κ3) is 9.71. The Kier molecular flexibility index (Phi) is 14.0. The molecule has 0 unspecified atom stereocenters. The van der Waals surface area contributed by atoms with Crippen LogP contribution in [0.25, 0.3) is 0 Å². The third-order valence-electron chi connectivity index (χ3n) is 11.4. The number of hydrogen-bond donors (Lipinski definition) is 3. The van der Waals surface area contributed by atoms with Gasteiger partial charge in [0.25, 0.3) is 0 Å². The zero-order valence-corrected chi connectivity index (χ0v) is 32.2. The molecule has 3 saturated heterocycles. The number of esters is 1. The number of nitrogens with one attached hydrogen (secondary N) is 3. The van der Waals surface area contributed by atoms with Crippen LogP contribution in [-0.4, -0.2) is 119 Å². The minimum absolute atomic E-state index is 0.115. The van der Waals surface area contributed by atoms with Gasteiger partial charge in [-0.05, 0) is 75.6 Å². The van der Waals surface area contributed by atoms with E-state index in [1.54, 1.807) is 26.1 Å². The number of carbonyl (C=O) groups is 7. The number of carbonyl (C=O) groups excluding carboxylic acids is 7. The molecule has 5 rings (SSSR count). The van der Waals surface area contributed by atoms with Gasteiger partial charge < -0.3 is 35.4 Å². The summed E-state index contributed by atoms with van der Waals surface area (Å²) in [5.41, 5.74) is -0.831. The second-order valence-electron chi connectivity index (χ2n) is 15.2. The topological polar surface area (TPSA) is 175 Å². The van der Waals surface area contributed by atoms with Crippen LogP contribution in [0.3, 0.4) is 0 Å². The molecule has 1 aromatic carbocycles. The molecule has 1 aliphatic carbocycles. The Morgan fingerprint density at radius 2 is 1.67 bits per heavy atom. The maximum atomic E-state index is 14.5. The number of nitrogens with zero attached hydrogens (tertiary/aromatic N) is 3. The van der Waals surface area contributed by atoms with E-state index >= 15 is 0 Å². The zero-order valence-electron chi connectivity index (χ0n) is 32.2. The number of amides is 6. The van der Waals surface area contributed by atoms with Gasteiger partial charge in [0.05, 0.1) is 0 Å². The minimum Gasteiger partial charge on any atom is -0.461 e. The fourth-order valence-electron chi connectivity index (χ4n) is 8.24. The fraction of sp³-hybridized carbons (Fsp3) is 0.625. The van der Waals surface area contributed by atoms with E-state index in [0.717, 1.165) is 19.3 Å². The maximum absolute atomic E-state index is 14.5. The number of ether oxygens (including phenoxy) is 1. The number of hydrogen-bond acceptors (Lipinski definition) is 8. The van der Waals surface area contributed by atoms with Crippen molar-refractivity contribution in [3.05, 3.63) is 47.8 Å². The minimum atomic E-state index is -1.48. The summed E-state index contributed by atoms with van der Waals surface area (Å²) in [6, 6.07) is -0.0713. The second-order valence-corrected chi connectivity index (χ2v) is 15.2. The van der Waals surface area contributed by atoms with E-state index < -0.39 is 89.6 Å². The normalized spacial score (nSPS) is 25.7. The summed E-state index contributed by atoms with van der Waals surface area (Å²) in [5, 5.41) is 8.20. The van der Waals surface area contributed by atoms with Gasteiger partial charge in [-0.15, -0.1) is 0 Å². The molecule has 0 bridgehead atoms. The van der Waals surface area contributed by atoms with Gasteiger partial charge in [-0.1, -0.05) is 57.2 Å². The van der Waals surface area contributed by atoms with Gasteiger partial charge >= 0.3 is 5.97 Å². The van der Waals surface area contributed by atoms with E-state index in [4.69, 9.17) is 4.74 Å². The molecule has 55 heavy (non-hydrogen) atoms. The van der Waals surface area contributed by atoms with E-state index in [0.29, 0.717) is 63.4 Å². The zero-order chi connectivity index (χ0) is 39.7. The Morgan fingerprint density at radius 1 is 0.982 bits per heavy atom. The van der Waals surface area contributed by atoms with Gasteiger partial charge in [0.15, 0.2) is 0 Å². The largest absolute Gasteiger partial charge is 0.461 e. The molecule has 0 radical (unpaired) electrons. The summed E-state index contributed by atoms with van der Waals surface area (Å²) >= 11 is 0. The lowest BCUT2D eigenvalue weighted by Crippen LogP contribution is -2.65. The first-order chi connectivity index (χ1) is 26.4. The van der Waals surface area contributed by atoms with E-state index in [1.165, 1.54) is 39.0 Å². The Labute approximate surface area is 321 Å². The standard InChI is InChI=1S/C40H55FN6O8/c1-4-5-6-8-18-33(48)43-29(24-27-14-11-15-28(41)23-27)34(49)44-30-25-55-38(53)32-17-13-22-47(32)35(50)26(2)42-39(54)40(19-9-7-10-20-40)45(3)37(52)31-16-12-21-46(31)36(30)51/h8,11,14-15,18,23,26,29-32H,4-7,9-10,12-13,16-17,19-22,24-25H2,1-3H3,(H,42,54)(H,43,48)(H,44,49)/t26-,29-,30-,31-,32-/m0/s1. The van der Waals surface area contributed by atoms with E-state index in [9.17, 15) is 38.0 Å². The van der Waals surface area contributed by atoms with Crippen LogP contribution in [-0.2, 0) is 44.7 Å². The van der Waals surface area contributed by atoms with Crippen LogP contribution in [0.5, 0.6) is 0 Å². The molecular weight excluding hydrogens is 711 g/mol. The SMILES string of the molecule is CCCCC=CC(=O)N[C@@H](Cc1cccc(F)c1)C(=O)N[C@H]1COC(=O)[C@@H]2CCCN2C(=O)[C@H](C)NC(=O)C2(CCCCC2)N(C)C(=O)[C@@H]2CCCN2C1=O. The predicted molar refractivity (Wildman–Crippen MR) is 199 cm³/mol. The quantitative estimate of drug-likeness (QED) is 0.195. The van der Waals surface area contributed by atoms with Crippen LogP contribution < -0.4 is 16.0 Å². The number of benzene rings is 1. The van der Waals surface area contributed by atoms with Crippen LogP contribution in [0.4, 0.5) is 4.39 Å². The summed E-state index contributed by atoms with van der Waals surface area (Å²) in [6.07, 6.45) is 9.99. The highest BCUT2D eigenvalue weighted by atomic mass is 19.1. The summed E-state index contributed by atoms with van der Waals surface area (Å²) in [7, 11) is 1.57. The molecule has 3 aliphatic heterocycles. The Balaban J connectivity index is 1.47. The average Bonchev–Trinajstić information content (AvgIpc) is 3.87. The Bertz CT molecular complexity index is 1650. The lowest BCUT2D eigenvalue weighted by molar-refractivity contribution is -0.160. The van der Waals surface area contributed by atoms with Crippen molar-refractivity contribution in [3.63, 3.8) is 0 Å². The molecule has 1 saturated carbocycles. The lowest BCUT2D eigenvalue weighted by Gasteiger charge is -2.45. The third-order valence-corrected chi connectivity index (χ3v) is 11.4. The van der Waals surface area contributed by atoms with Gasteiger partial charge in [0.1, 0.15) is 48.2 Å². The number of unbranched alkanes of at least 4 members (excludes halogenated alkanes) is 2. The maximum Gasteiger partial charge on any atom is 0.328 e. The molecule has 4 aliphatic rings. The molecule has 4 fully saturated rings. The smallest absolute Gasteiger partial charge is 0.328 e. The number of cyclic esters (lactones) is 1. The molecule has 1 aromatic rings. The highest BCUT2D eigenvalue weighted by Crippen LogP contribution is 2.35. The lowest BCUT2D eigenvalue weighted by atomic mass is 9.79. The fourth-order valence-corrected chi connectivity index (χ4v) is 8.24. The molecule has 300 valence electrons. The van der Waals surface area contributed by atoms with E-state index in [1.807, 2.05) is 6.92 Å². The van der Waals surface area contributed by atoms with Crippen LogP contribution in [0.2, 0.25) is 0 Å². The number of likely N-dealkylation sites (N-methyl/N-ethyl adjacent to an activating group) is 1. The van der Waals surface area contributed by atoms with Gasteiger partial charge in [0, 0.05) is 26.6 Å². The Hall–Kier alpha value is -4.82. The van der Waals surface area contributed by atoms with Crippen molar-refractivity contribution in [1.29, 1.82) is 0 Å². The first kappa shape index (κ1) is 41.3. The van der Waals surface area contributed by atoms with Gasteiger partial charge in [-0.3, -0.25) is 28.8 Å². The van der Waals surface area contributed by atoms with E-state index in [-0.39, 0.29) is 19.5 Å². The molecule has 3 heterocycles. The monoisotopic (exact) mass is 766 g/mol. The van der Waals surface area contributed by atoms with Crippen molar-refractivity contribution in [2.75, 3.05) is 26.7 Å². The summed E-state index contributed by atoms with van der Waals surface area (Å²) < 4.78 is 19.9. The van der Waals surface area contributed by atoms with Crippen molar-refractivity contribution in [2.24, 2.45) is 0 Å². The molecule has 1 spiro atoms. The first-order valence-corrected chi connectivity index (χ1v) is 19.7. The van der Waals surface area contributed by atoms with Crippen LogP contribution in [0.15, 0.2) is 36.4 Å². The van der Waals surface area contributed by atoms with Crippen LogP contribution in [0.1, 0.15) is 96.5 Å². The average molecular weight is 767 g/mol. The van der Waals surface area contributed by atoms with Gasteiger partial charge in [0.2, 0.25) is 35.4 Å². The van der Waals surface area contributed by atoms with Crippen molar-refractivity contribution in [1.82, 2.24) is 30.7 Å². The van der Waals surface area contributed by atoms with E-state index in [2.05, 4.69) is 16.0 Å². The first-order valence-electron chi connectivity index (χ1n) is 19.7. The summed E-state index contributed by atoms with van der Waals surface area (Å²) in [6.45, 7) is 3.41. The highest BCUT2D eigenvalue weighted by Gasteiger charge is 2.50. The van der Waals surface area contributed by atoms with Gasteiger partial charge in [-0.2, -0.15) is 0 Å². The van der Waals surface area contributed by atoms with Crippen molar-refractivity contribution < 1.29 is 42.7 Å². The van der Waals surface area contributed by atoms with Gasteiger partial charge in [-0.25, -0.2) is 9.18 Å². The molecular formula is C40H55FN6O8. The molecule has 14 nitrogen and oxygen atoms in total. The molecule has 0 aromatic heterocycles. The van der Waals surface area contributed by atoms with Crippen molar-refractivity contribution >= 4 is 41.4 Å². The second kappa shape index (κ2) is 18.7. The number of fused-ring (bicyclic) bond motifs is 2. The predicted octanol–water partition coefficient (Wildman–Crippen LogP) is 2.29. The van der Waals surface area contributed by atoms with Crippen LogP contribution >= 0.6 is 0 Å². The number of allylic oxidation sites excluding steroid dienone is 1. The molecule has 6 amide bonds.